The molecule has 1 aliphatic rings. The van der Waals surface area contributed by atoms with Gasteiger partial charge in [0.15, 0.2) is 5.82 Å². The molecule has 0 aliphatic heterocycles. The molecule has 0 unspecified atom stereocenters. The first-order valence-corrected chi connectivity index (χ1v) is 10.3. The van der Waals surface area contributed by atoms with Gasteiger partial charge in [-0.3, -0.25) is 0 Å². The van der Waals surface area contributed by atoms with Crippen molar-refractivity contribution in [3.63, 3.8) is 0 Å². The van der Waals surface area contributed by atoms with Crippen LogP contribution in [0.2, 0.25) is 0 Å². The molecule has 164 valence electrons. The second-order valence-electron chi connectivity index (χ2n) is 8.03. The third-order valence-electron chi connectivity index (χ3n) is 4.98. The topological polar surface area (TPSA) is 47.5 Å². The molecule has 0 radical (unpaired) electrons. The Morgan fingerprint density at radius 1 is 1.17 bits per heavy atom. The molecule has 2 aromatic rings. The van der Waals surface area contributed by atoms with Crippen molar-refractivity contribution >= 4 is 11.5 Å². The highest BCUT2D eigenvalue weighted by atomic mass is 19.4. The van der Waals surface area contributed by atoms with Crippen LogP contribution in [0.4, 0.5) is 24.7 Å². The molecule has 0 amide bonds. The van der Waals surface area contributed by atoms with Gasteiger partial charge < -0.3 is 14.4 Å². The van der Waals surface area contributed by atoms with Crippen LogP contribution in [0.15, 0.2) is 30.5 Å². The van der Waals surface area contributed by atoms with Gasteiger partial charge in [0.1, 0.15) is 17.4 Å². The lowest BCUT2D eigenvalue weighted by Gasteiger charge is -2.25. The second kappa shape index (κ2) is 9.53. The quantitative estimate of drug-likeness (QED) is 0.546. The van der Waals surface area contributed by atoms with Crippen molar-refractivity contribution in [3.05, 3.63) is 36.0 Å². The second-order valence-corrected chi connectivity index (χ2v) is 8.03. The van der Waals surface area contributed by atoms with Crippen LogP contribution in [0.1, 0.15) is 51.5 Å². The minimum absolute atomic E-state index is 0.0241. The van der Waals surface area contributed by atoms with Crippen LogP contribution in [0.5, 0.6) is 11.8 Å². The van der Waals surface area contributed by atoms with E-state index >= 15 is 0 Å². The molecule has 0 spiro atoms. The van der Waals surface area contributed by atoms with Gasteiger partial charge in [-0.2, -0.15) is 18.2 Å². The zero-order valence-corrected chi connectivity index (χ0v) is 17.6. The first-order valence-electron chi connectivity index (χ1n) is 10.3. The van der Waals surface area contributed by atoms with Crippen molar-refractivity contribution < 1.29 is 22.6 Å². The molecule has 1 aliphatic carbocycles. The molecule has 5 nitrogen and oxygen atoms in total. The predicted molar refractivity (Wildman–Crippen MR) is 109 cm³/mol. The van der Waals surface area contributed by atoms with E-state index in [0.29, 0.717) is 24.0 Å². The summed E-state index contributed by atoms with van der Waals surface area (Å²) in [6.45, 7) is 4.58. The highest BCUT2D eigenvalue weighted by Crippen LogP contribution is 2.38. The number of anilines is 2. The molecule has 8 heteroatoms. The fraction of sp³-hybridized carbons (Fsp3) is 0.545. The molecule has 0 N–H and O–H groups in total. The molecule has 30 heavy (non-hydrogen) atoms. The normalized spacial score (nSPS) is 15.3. The average molecular weight is 423 g/mol. The van der Waals surface area contributed by atoms with Crippen molar-refractivity contribution in [3.8, 4) is 11.8 Å². The maximum absolute atomic E-state index is 13.6. The molecule has 3 rings (SSSR count). The van der Waals surface area contributed by atoms with Gasteiger partial charge >= 0.3 is 12.2 Å². The van der Waals surface area contributed by atoms with Gasteiger partial charge in [0, 0.05) is 25.0 Å². The van der Waals surface area contributed by atoms with Gasteiger partial charge in [-0.25, -0.2) is 4.98 Å². The molecule has 1 saturated carbocycles. The molecule has 1 heterocycles. The Morgan fingerprint density at radius 3 is 2.57 bits per heavy atom. The summed E-state index contributed by atoms with van der Waals surface area (Å²) in [4.78, 5) is 9.37. The Morgan fingerprint density at radius 2 is 1.90 bits per heavy atom. The zero-order chi connectivity index (χ0) is 21.7. The van der Waals surface area contributed by atoms with E-state index in [-0.39, 0.29) is 17.9 Å². The van der Waals surface area contributed by atoms with Crippen LogP contribution in [-0.2, 0) is 6.18 Å². The third-order valence-corrected chi connectivity index (χ3v) is 4.98. The van der Waals surface area contributed by atoms with E-state index in [4.69, 9.17) is 9.47 Å². The number of hydrogen-bond acceptors (Lipinski definition) is 5. The molecule has 1 aromatic heterocycles. The monoisotopic (exact) mass is 423 g/mol. The van der Waals surface area contributed by atoms with Crippen LogP contribution >= 0.6 is 0 Å². The summed E-state index contributed by atoms with van der Waals surface area (Å²) in [6, 6.07) is 6.92. The van der Waals surface area contributed by atoms with Gasteiger partial charge in [-0.05, 0) is 43.7 Å². The number of aromatic nitrogens is 2. The fourth-order valence-electron chi connectivity index (χ4n) is 3.37. The largest absolute Gasteiger partial charge is 0.493 e. The SMILES string of the molecule is CC(C)COc1cccc(N(C)c2nc(OC3CCCCC3)ncc2C(F)(F)F)c1. The summed E-state index contributed by atoms with van der Waals surface area (Å²) < 4.78 is 52.4. The Balaban J connectivity index is 1.89. The zero-order valence-electron chi connectivity index (χ0n) is 17.6. The van der Waals surface area contributed by atoms with Crippen LogP contribution < -0.4 is 14.4 Å². The van der Waals surface area contributed by atoms with Gasteiger partial charge in [0.25, 0.3) is 0 Å². The minimum Gasteiger partial charge on any atom is -0.493 e. The molecule has 0 bridgehead atoms. The van der Waals surface area contributed by atoms with E-state index < -0.39 is 11.7 Å². The summed E-state index contributed by atoms with van der Waals surface area (Å²) in [5.74, 6) is 0.684. The smallest absolute Gasteiger partial charge is 0.421 e. The standard InChI is InChI=1S/C22H28F3N3O2/c1-15(2)14-29-18-11-7-8-16(12-18)28(3)20-19(22(23,24)25)13-26-21(27-20)30-17-9-5-4-6-10-17/h7-8,11-13,15,17H,4-6,9-10,14H2,1-3H3. The number of alkyl halides is 3. The summed E-state index contributed by atoms with van der Waals surface area (Å²) in [5, 5.41) is 0. The first kappa shape index (κ1) is 22.2. The average Bonchev–Trinajstić information content (AvgIpc) is 2.72. The lowest BCUT2D eigenvalue weighted by atomic mass is 9.98. The molecular formula is C22H28F3N3O2. The van der Waals surface area contributed by atoms with E-state index in [2.05, 4.69) is 9.97 Å². The highest BCUT2D eigenvalue weighted by Gasteiger charge is 2.37. The van der Waals surface area contributed by atoms with Crippen molar-refractivity contribution in [2.75, 3.05) is 18.6 Å². The minimum atomic E-state index is -4.58. The maximum Gasteiger partial charge on any atom is 0.421 e. The number of benzene rings is 1. The van der Waals surface area contributed by atoms with Gasteiger partial charge in [0.05, 0.1) is 6.61 Å². The van der Waals surface area contributed by atoms with Crippen molar-refractivity contribution in [2.24, 2.45) is 5.92 Å². The van der Waals surface area contributed by atoms with Crippen molar-refractivity contribution in [2.45, 2.75) is 58.2 Å². The molecule has 0 saturated heterocycles. The summed E-state index contributed by atoms with van der Waals surface area (Å²) in [7, 11) is 1.55. The van der Waals surface area contributed by atoms with E-state index in [1.54, 1.807) is 31.3 Å². The van der Waals surface area contributed by atoms with Gasteiger partial charge in [-0.15, -0.1) is 0 Å². The Bertz CT molecular complexity index is 837. The highest BCUT2D eigenvalue weighted by molar-refractivity contribution is 5.64. The van der Waals surface area contributed by atoms with E-state index in [9.17, 15) is 13.2 Å². The molecule has 1 aromatic carbocycles. The van der Waals surface area contributed by atoms with Crippen molar-refractivity contribution in [1.82, 2.24) is 9.97 Å². The van der Waals surface area contributed by atoms with Crippen LogP contribution in [0, 0.1) is 5.92 Å². The van der Waals surface area contributed by atoms with Crippen LogP contribution in [0.25, 0.3) is 0 Å². The summed E-state index contributed by atoms with van der Waals surface area (Å²) >= 11 is 0. The lowest BCUT2D eigenvalue weighted by Crippen LogP contribution is -2.23. The van der Waals surface area contributed by atoms with Crippen LogP contribution in [0.3, 0.4) is 0 Å². The number of nitrogens with zero attached hydrogens (tertiary/aromatic N) is 3. The summed E-state index contributed by atoms with van der Waals surface area (Å²) in [5.41, 5.74) is -0.376. The van der Waals surface area contributed by atoms with E-state index in [0.717, 1.165) is 38.3 Å². The first-order chi connectivity index (χ1) is 14.2. The number of hydrogen-bond donors (Lipinski definition) is 0. The Labute approximate surface area is 175 Å². The number of ether oxygens (including phenoxy) is 2. The number of rotatable bonds is 7. The van der Waals surface area contributed by atoms with Gasteiger partial charge in [-0.1, -0.05) is 26.3 Å². The Hall–Kier alpha value is -2.51. The van der Waals surface area contributed by atoms with E-state index in [1.165, 1.54) is 4.90 Å². The number of halogens is 3. The predicted octanol–water partition coefficient (Wildman–Crippen LogP) is 6.01. The maximum atomic E-state index is 13.6. The molecule has 1 fully saturated rings. The lowest BCUT2D eigenvalue weighted by molar-refractivity contribution is -0.137. The summed E-state index contributed by atoms with van der Waals surface area (Å²) in [6.07, 6.45) is 1.13. The van der Waals surface area contributed by atoms with Crippen LogP contribution in [-0.4, -0.2) is 29.7 Å². The van der Waals surface area contributed by atoms with Gasteiger partial charge in [0.2, 0.25) is 0 Å². The van der Waals surface area contributed by atoms with E-state index in [1.807, 2.05) is 13.8 Å². The third kappa shape index (κ3) is 5.77. The van der Waals surface area contributed by atoms with Crippen molar-refractivity contribution in [1.29, 1.82) is 0 Å². The fourth-order valence-corrected chi connectivity index (χ4v) is 3.37. The molecular weight excluding hydrogens is 395 g/mol. The molecule has 0 atom stereocenters. The Kier molecular flexibility index (Phi) is 7.05.